The average Bonchev–Trinajstić information content (AvgIpc) is 3.35. The molecule has 0 radical (unpaired) electrons. The van der Waals surface area contributed by atoms with Gasteiger partial charge in [0.2, 0.25) is 17.8 Å². The number of thioether (sulfide) groups is 1. The van der Waals surface area contributed by atoms with Gasteiger partial charge in [0.25, 0.3) is 5.91 Å². The van der Waals surface area contributed by atoms with E-state index in [0.29, 0.717) is 32.2 Å². The molecule has 29 heavy (non-hydrogen) atoms. The Morgan fingerprint density at radius 3 is 2.83 bits per heavy atom. The van der Waals surface area contributed by atoms with Crippen LogP contribution in [0.3, 0.4) is 0 Å². The molecule has 10 heteroatoms. The largest absolute Gasteiger partial charge is 0.454 e. The molecule has 148 valence electrons. The number of benzene rings is 2. The number of aromatic nitrogens is 2. The Morgan fingerprint density at radius 2 is 1.97 bits per heavy atom. The van der Waals surface area contributed by atoms with Crippen LogP contribution in [0, 0.1) is 6.92 Å². The van der Waals surface area contributed by atoms with Crippen LogP contribution in [0.2, 0.25) is 0 Å². The van der Waals surface area contributed by atoms with E-state index in [1.165, 1.54) is 23.1 Å². The lowest BCUT2D eigenvalue weighted by molar-refractivity contribution is -0.113. The molecule has 1 aromatic heterocycles. The molecule has 0 saturated carbocycles. The fourth-order valence-electron chi connectivity index (χ4n) is 2.57. The van der Waals surface area contributed by atoms with Crippen LogP contribution in [-0.2, 0) is 4.79 Å². The lowest BCUT2D eigenvalue weighted by atomic mass is 10.1. The van der Waals surface area contributed by atoms with E-state index in [1.807, 2.05) is 19.1 Å². The molecule has 2 aromatic carbocycles. The minimum absolute atomic E-state index is 0.162. The summed E-state index contributed by atoms with van der Waals surface area (Å²) >= 11 is 2.46. The third-order valence-corrected chi connectivity index (χ3v) is 5.86. The maximum Gasteiger partial charge on any atom is 0.257 e. The molecule has 0 atom stereocenters. The van der Waals surface area contributed by atoms with Crippen molar-refractivity contribution in [2.75, 3.05) is 23.2 Å². The Kier molecular flexibility index (Phi) is 5.63. The lowest BCUT2D eigenvalue weighted by Crippen LogP contribution is -2.13. The number of hydrogen-bond donors (Lipinski definition) is 2. The van der Waals surface area contributed by atoms with E-state index >= 15 is 0 Å². The maximum atomic E-state index is 12.3. The molecular weight excluding hydrogens is 412 g/mol. The molecule has 0 saturated heterocycles. The van der Waals surface area contributed by atoms with Gasteiger partial charge in [-0.25, -0.2) is 0 Å². The number of carbonyl (C=O) groups excluding carboxylic acids is 2. The topological polar surface area (TPSA) is 102 Å². The first-order valence-electron chi connectivity index (χ1n) is 8.61. The summed E-state index contributed by atoms with van der Waals surface area (Å²) < 4.78 is 11.1. The molecule has 4 rings (SSSR count). The van der Waals surface area contributed by atoms with Crippen molar-refractivity contribution in [3.05, 3.63) is 53.6 Å². The summed E-state index contributed by atoms with van der Waals surface area (Å²) in [5.74, 6) is 0.992. The molecule has 3 aromatic rings. The number of fused-ring (bicyclic) bond motifs is 1. The molecule has 0 unspecified atom stereocenters. The number of ether oxygens (including phenoxy) is 2. The van der Waals surface area contributed by atoms with Crippen molar-refractivity contribution in [1.29, 1.82) is 0 Å². The van der Waals surface area contributed by atoms with E-state index in [9.17, 15) is 9.59 Å². The zero-order valence-corrected chi connectivity index (χ0v) is 16.9. The van der Waals surface area contributed by atoms with E-state index in [1.54, 1.807) is 30.3 Å². The van der Waals surface area contributed by atoms with Crippen molar-refractivity contribution in [3.8, 4) is 11.5 Å². The van der Waals surface area contributed by atoms with Crippen LogP contribution in [0.15, 0.2) is 46.8 Å². The number of hydrogen-bond acceptors (Lipinski definition) is 8. The molecular formula is C19H16N4O4S2. The van der Waals surface area contributed by atoms with Gasteiger partial charge in [-0.15, -0.1) is 10.2 Å². The Labute approximate surface area is 174 Å². The molecule has 0 aliphatic carbocycles. The van der Waals surface area contributed by atoms with Gasteiger partial charge in [0.05, 0.1) is 5.75 Å². The first kappa shape index (κ1) is 19.2. The van der Waals surface area contributed by atoms with Gasteiger partial charge in [-0.2, -0.15) is 0 Å². The molecule has 1 aliphatic heterocycles. The van der Waals surface area contributed by atoms with Gasteiger partial charge in [-0.05, 0) is 31.2 Å². The fourth-order valence-corrected chi connectivity index (χ4v) is 4.12. The van der Waals surface area contributed by atoms with Gasteiger partial charge in [0, 0.05) is 17.3 Å². The summed E-state index contributed by atoms with van der Waals surface area (Å²) in [6, 6.07) is 12.5. The number of nitrogens with one attached hydrogen (secondary N) is 2. The van der Waals surface area contributed by atoms with Crippen molar-refractivity contribution in [2.45, 2.75) is 11.3 Å². The molecule has 2 amide bonds. The van der Waals surface area contributed by atoms with Gasteiger partial charge >= 0.3 is 0 Å². The van der Waals surface area contributed by atoms with Crippen LogP contribution in [-0.4, -0.2) is 34.6 Å². The lowest BCUT2D eigenvalue weighted by Gasteiger charge is -2.05. The second-order valence-corrected chi connectivity index (χ2v) is 8.30. The number of nitrogens with zero attached hydrogens (tertiary/aromatic N) is 2. The summed E-state index contributed by atoms with van der Waals surface area (Å²) in [4.78, 5) is 24.4. The van der Waals surface area contributed by atoms with Crippen molar-refractivity contribution in [1.82, 2.24) is 10.2 Å². The predicted octanol–water partition coefficient (Wildman–Crippen LogP) is 3.56. The van der Waals surface area contributed by atoms with E-state index in [0.717, 1.165) is 5.56 Å². The maximum absolute atomic E-state index is 12.3. The summed E-state index contributed by atoms with van der Waals surface area (Å²) in [6.45, 7) is 2.10. The molecule has 2 N–H and O–H groups in total. The third kappa shape index (κ3) is 4.84. The minimum Gasteiger partial charge on any atom is -0.454 e. The highest BCUT2D eigenvalue weighted by Gasteiger charge is 2.15. The van der Waals surface area contributed by atoms with Crippen molar-refractivity contribution in [3.63, 3.8) is 0 Å². The highest BCUT2D eigenvalue weighted by atomic mass is 32.2. The number of aryl methyl sites for hydroxylation is 1. The number of carbonyl (C=O) groups is 2. The smallest absolute Gasteiger partial charge is 0.257 e. The standard InChI is InChI=1S/C19H16N4O4S2/c1-11-3-2-4-12(7-11)17(25)21-18-22-23-19(29-18)28-9-16(24)20-13-5-6-14-15(8-13)27-10-26-14/h2-8H,9-10H2,1H3,(H,20,24)(H,21,22,25). The molecule has 0 fully saturated rings. The van der Waals surface area contributed by atoms with Crippen LogP contribution in [0.5, 0.6) is 11.5 Å². The Bertz CT molecular complexity index is 1070. The van der Waals surface area contributed by atoms with Gasteiger partial charge in [0.15, 0.2) is 15.8 Å². The SMILES string of the molecule is Cc1cccc(C(=O)Nc2nnc(SCC(=O)Nc3ccc4c(c3)OCO4)s2)c1. The van der Waals surface area contributed by atoms with Crippen LogP contribution in [0.25, 0.3) is 0 Å². The van der Waals surface area contributed by atoms with Crippen molar-refractivity contribution in [2.24, 2.45) is 0 Å². The molecule has 1 aliphatic rings. The van der Waals surface area contributed by atoms with E-state index in [4.69, 9.17) is 9.47 Å². The highest BCUT2D eigenvalue weighted by Crippen LogP contribution is 2.34. The normalized spacial score (nSPS) is 11.9. The van der Waals surface area contributed by atoms with Crippen molar-refractivity contribution < 1.29 is 19.1 Å². The van der Waals surface area contributed by atoms with Gasteiger partial charge in [-0.1, -0.05) is 40.8 Å². The predicted molar refractivity (Wildman–Crippen MR) is 111 cm³/mol. The second-order valence-electron chi connectivity index (χ2n) is 6.10. The van der Waals surface area contributed by atoms with Crippen LogP contribution >= 0.6 is 23.1 Å². The summed E-state index contributed by atoms with van der Waals surface area (Å²) in [6.07, 6.45) is 0. The molecule has 0 bridgehead atoms. The monoisotopic (exact) mass is 428 g/mol. The summed E-state index contributed by atoms with van der Waals surface area (Å²) in [5.41, 5.74) is 2.18. The minimum atomic E-state index is -0.248. The Hall–Kier alpha value is -3.11. The summed E-state index contributed by atoms with van der Waals surface area (Å²) in [5, 5.41) is 13.9. The summed E-state index contributed by atoms with van der Waals surface area (Å²) in [7, 11) is 0. The third-order valence-electron chi connectivity index (χ3n) is 3.89. The molecule has 2 heterocycles. The number of rotatable bonds is 6. The molecule has 0 spiro atoms. The molecule has 8 nitrogen and oxygen atoms in total. The highest BCUT2D eigenvalue weighted by molar-refractivity contribution is 8.01. The van der Waals surface area contributed by atoms with E-state index < -0.39 is 0 Å². The van der Waals surface area contributed by atoms with Gasteiger partial charge in [-0.3, -0.25) is 14.9 Å². The van der Waals surface area contributed by atoms with Crippen LogP contribution < -0.4 is 20.1 Å². The second kappa shape index (κ2) is 8.50. The number of amides is 2. The average molecular weight is 428 g/mol. The first-order chi connectivity index (χ1) is 14.1. The van der Waals surface area contributed by atoms with E-state index in [-0.39, 0.29) is 24.4 Å². The van der Waals surface area contributed by atoms with Gasteiger partial charge in [0.1, 0.15) is 0 Å². The fraction of sp³-hybridized carbons (Fsp3) is 0.158. The van der Waals surface area contributed by atoms with Crippen molar-refractivity contribution >= 4 is 45.7 Å². The van der Waals surface area contributed by atoms with Crippen LogP contribution in [0.4, 0.5) is 10.8 Å². The number of anilines is 2. The Balaban J connectivity index is 1.29. The van der Waals surface area contributed by atoms with Crippen LogP contribution in [0.1, 0.15) is 15.9 Å². The first-order valence-corrected chi connectivity index (χ1v) is 10.4. The zero-order valence-electron chi connectivity index (χ0n) is 15.3. The quantitative estimate of drug-likeness (QED) is 0.457. The van der Waals surface area contributed by atoms with Gasteiger partial charge < -0.3 is 14.8 Å². The van der Waals surface area contributed by atoms with E-state index in [2.05, 4.69) is 20.8 Å². The zero-order chi connectivity index (χ0) is 20.2. The Morgan fingerprint density at radius 1 is 1.10 bits per heavy atom.